The van der Waals surface area contributed by atoms with E-state index in [-0.39, 0.29) is 43.5 Å². The predicted octanol–water partition coefficient (Wildman–Crippen LogP) is 3.31. The zero-order valence-electron chi connectivity index (χ0n) is 25.6. The number of benzene rings is 2. The molecule has 0 aliphatic carbocycles. The summed E-state index contributed by atoms with van der Waals surface area (Å²) in [5.74, 6) is -3.45. The molecule has 3 fully saturated rings. The first kappa shape index (κ1) is 33.6. The number of amides is 3. The Morgan fingerprint density at radius 2 is 1.83 bits per heavy atom. The molecule has 3 aliphatic rings. The van der Waals surface area contributed by atoms with Gasteiger partial charge in [0, 0.05) is 30.9 Å². The topological polar surface area (TPSA) is 125 Å². The van der Waals surface area contributed by atoms with Gasteiger partial charge in [0.25, 0.3) is 0 Å². The average Bonchev–Trinajstić information content (AvgIpc) is 3.65. The number of hydrogen-bond acceptors (Lipinski definition) is 7. The second-order valence-corrected chi connectivity index (χ2v) is 13.1. The Bertz CT molecular complexity index is 1440. The lowest BCUT2D eigenvalue weighted by Crippen LogP contribution is -2.57. The summed E-state index contributed by atoms with van der Waals surface area (Å²) in [7, 11) is 0. The zero-order valence-corrected chi connectivity index (χ0v) is 27.2. The van der Waals surface area contributed by atoms with Gasteiger partial charge in [0.05, 0.1) is 30.6 Å². The van der Waals surface area contributed by atoms with Gasteiger partial charge in [-0.25, -0.2) is 0 Å². The van der Waals surface area contributed by atoms with Gasteiger partial charge in [-0.3, -0.25) is 19.2 Å². The van der Waals surface area contributed by atoms with Crippen molar-refractivity contribution < 1.29 is 33.8 Å². The highest BCUT2D eigenvalue weighted by Crippen LogP contribution is 2.60. The monoisotopic (exact) mass is 693 g/mol. The maximum Gasteiger partial charge on any atom is 0.306 e. The summed E-state index contributed by atoms with van der Waals surface area (Å²) < 4.78 is 12.1. The molecule has 0 saturated carbocycles. The first-order chi connectivity index (χ1) is 22.2. The van der Waals surface area contributed by atoms with Gasteiger partial charge in [0.15, 0.2) is 0 Å². The lowest BCUT2D eigenvalue weighted by Gasteiger charge is -2.37. The summed E-state index contributed by atoms with van der Waals surface area (Å²) in [6.07, 6.45) is 3.58. The molecule has 3 heterocycles. The van der Waals surface area contributed by atoms with E-state index in [9.17, 15) is 24.3 Å². The van der Waals surface area contributed by atoms with Gasteiger partial charge in [0.2, 0.25) is 17.7 Å². The van der Waals surface area contributed by atoms with Gasteiger partial charge in [-0.1, -0.05) is 88.7 Å². The Morgan fingerprint density at radius 3 is 2.48 bits per heavy atom. The van der Waals surface area contributed by atoms with E-state index >= 15 is 0 Å². The van der Waals surface area contributed by atoms with Crippen LogP contribution in [0.3, 0.4) is 0 Å². The van der Waals surface area contributed by atoms with Crippen LogP contribution in [0.4, 0.5) is 0 Å². The van der Waals surface area contributed by atoms with Gasteiger partial charge >= 0.3 is 5.97 Å². The van der Waals surface area contributed by atoms with Gasteiger partial charge < -0.3 is 29.7 Å². The molecule has 244 valence electrons. The average molecular weight is 695 g/mol. The summed E-state index contributed by atoms with van der Waals surface area (Å²) in [6, 6.07) is 16.9. The van der Waals surface area contributed by atoms with Crippen molar-refractivity contribution >= 4 is 39.6 Å². The number of halogens is 1. The van der Waals surface area contributed by atoms with E-state index in [1.54, 1.807) is 17.1 Å². The molecule has 2 N–H and O–H groups in total. The number of likely N-dealkylation sites (tertiary alicyclic amines) is 1. The van der Waals surface area contributed by atoms with Crippen LogP contribution in [0.15, 0.2) is 86.0 Å². The van der Waals surface area contributed by atoms with Crippen molar-refractivity contribution in [2.24, 2.45) is 11.8 Å². The first-order valence-corrected chi connectivity index (χ1v) is 16.5. The molecule has 46 heavy (non-hydrogen) atoms. The number of nitrogens with one attached hydrogen (secondary N) is 1. The van der Waals surface area contributed by atoms with Crippen LogP contribution in [-0.2, 0) is 35.2 Å². The molecule has 2 aromatic carbocycles. The molecule has 10 nitrogen and oxygen atoms in total. The van der Waals surface area contributed by atoms with E-state index in [1.807, 2.05) is 60.7 Å². The molecule has 2 bridgehead atoms. The molecule has 11 heteroatoms. The van der Waals surface area contributed by atoms with Crippen LogP contribution < -0.4 is 5.32 Å². The van der Waals surface area contributed by atoms with Crippen molar-refractivity contribution in [3.63, 3.8) is 0 Å². The maximum absolute atomic E-state index is 14.4. The summed E-state index contributed by atoms with van der Waals surface area (Å²) in [4.78, 5) is 57.8. The van der Waals surface area contributed by atoms with Crippen LogP contribution in [-0.4, -0.2) is 87.5 Å². The number of esters is 1. The number of fused-ring (bicyclic) bond motifs is 1. The smallest absolute Gasteiger partial charge is 0.306 e. The highest BCUT2D eigenvalue weighted by molar-refractivity contribution is 9.09. The van der Waals surface area contributed by atoms with Gasteiger partial charge in [0.1, 0.15) is 18.2 Å². The molecular weight excluding hydrogens is 654 g/mol. The van der Waals surface area contributed by atoms with Crippen molar-refractivity contribution in [2.45, 2.75) is 54.4 Å². The molecule has 7 atom stereocenters. The molecule has 1 spiro atoms. The summed E-state index contributed by atoms with van der Waals surface area (Å²) in [5, 5.41) is 13.0. The second kappa shape index (κ2) is 14.7. The van der Waals surface area contributed by atoms with Crippen molar-refractivity contribution in [1.29, 1.82) is 0 Å². The number of aliphatic hydroxyl groups is 1. The molecule has 1 unspecified atom stereocenters. The third kappa shape index (κ3) is 6.54. The number of rotatable bonds is 15. The Balaban J connectivity index is 1.44. The van der Waals surface area contributed by atoms with Crippen molar-refractivity contribution in [3.8, 4) is 0 Å². The standard InChI is InChI=1S/C35H40BrN3O7/c1-3-5-16-27(41)45-22-26(24-14-10-7-11-15-24)37-32(42)28-29-33(43)39(18-19-40)31(35(29)20-25(36)30(28)46-35)34(44)38(17-4-2)21-23-12-8-6-9-13-23/h3-4,6-15,25-26,28-31,40H,1-2,5,16-22H2,(H,37,42)/t25?,26-,28+,29-,30+,31+,35-/m0/s1. The molecule has 2 aromatic rings. The van der Waals surface area contributed by atoms with Gasteiger partial charge in [-0.2, -0.15) is 0 Å². The first-order valence-electron chi connectivity index (χ1n) is 15.5. The fourth-order valence-corrected chi connectivity index (χ4v) is 8.01. The molecule has 3 saturated heterocycles. The van der Waals surface area contributed by atoms with E-state index in [2.05, 4.69) is 34.4 Å². The molecule has 5 rings (SSSR count). The lowest BCUT2D eigenvalue weighted by molar-refractivity contribution is -0.149. The zero-order chi connectivity index (χ0) is 32.8. The van der Waals surface area contributed by atoms with Crippen LogP contribution in [0.5, 0.6) is 0 Å². The minimum atomic E-state index is -1.28. The highest BCUT2D eigenvalue weighted by atomic mass is 79.9. The maximum atomic E-state index is 14.4. The third-order valence-electron chi connectivity index (χ3n) is 9.03. The number of carbonyl (C=O) groups excluding carboxylic acids is 4. The normalized spacial score (nSPS) is 26.7. The molecule has 0 radical (unpaired) electrons. The number of allylic oxidation sites excluding steroid dienone is 1. The number of nitrogens with zero attached hydrogens (tertiary/aromatic N) is 2. The van der Waals surface area contributed by atoms with E-state index < -0.39 is 53.4 Å². The van der Waals surface area contributed by atoms with E-state index in [4.69, 9.17) is 9.47 Å². The van der Waals surface area contributed by atoms with Crippen molar-refractivity contribution in [3.05, 3.63) is 97.1 Å². The third-order valence-corrected chi connectivity index (χ3v) is 9.87. The largest absolute Gasteiger partial charge is 0.463 e. The van der Waals surface area contributed by atoms with Crippen LogP contribution in [0.1, 0.15) is 36.4 Å². The Hall–Kier alpha value is -3.80. The Morgan fingerprint density at radius 1 is 1.13 bits per heavy atom. The molecule has 0 aromatic heterocycles. The van der Waals surface area contributed by atoms with Crippen LogP contribution in [0.25, 0.3) is 0 Å². The summed E-state index contributed by atoms with van der Waals surface area (Å²) in [6.45, 7) is 7.46. The van der Waals surface area contributed by atoms with Crippen molar-refractivity contribution in [1.82, 2.24) is 15.1 Å². The number of hydrogen-bond donors (Lipinski definition) is 2. The van der Waals surface area contributed by atoms with E-state index in [0.29, 0.717) is 19.4 Å². The van der Waals surface area contributed by atoms with E-state index in [0.717, 1.165) is 11.1 Å². The van der Waals surface area contributed by atoms with Gasteiger partial charge in [-0.05, 0) is 24.0 Å². The van der Waals surface area contributed by atoms with Gasteiger partial charge in [-0.15, -0.1) is 13.2 Å². The molecule has 3 aliphatic heterocycles. The van der Waals surface area contributed by atoms with Crippen LogP contribution >= 0.6 is 15.9 Å². The SMILES string of the molecule is C=CCCC(=O)OC[C@H](NC(=O)[C@H]1[C@@H]2O[C@@]3(CC2Br)[C@@H]1C(=O)N(CCO)[C@@H]3C(=O)N(CC=C)Cc1ccccc1)c1ccccc1. The lowest BCUT2D eigenvalue weighted by atomic mass is 9.70. The minimum absolute atomic E-state index is 0.0800. The number of β-amino-alcohol motifs (C(OH)–C–C–N with tert-alkyl or cyclic N) is 1. The number of alkyl halides is 1. The van der Waals surface area contributed by atoms with E-state index in [1.165, 1.54) is 4.90 Å². The summed E-state index contributed by atoms with van der Waals surface area (Å²) in [5.41, 5.74) is 0.365. The predicted molar refractivity (Wildman–Crippen MR) is 174 cm³/mol. The Kier molecular flexibility index (Phi) is 10.8. The van der Waals surface area contributed by atoms with Crippen LogP contribution in [0, 0.1) is 11.8 Å². The summed E-state index contributed by atoms with van der Waals surface area (Å²) >= 11 is 3.69. The highest BCUT2D eigenvalue weighted by Gasteiger charge is 2.76. The van der Waals surface area contributed by atoms with Crippen LogP contribution in [0.2, 0.25) is 0 Å². The number of ether oxygens (including phenoxy) is 2. The quantitative estimate of drug-likeness (QED) is 0.167. The number of carbonyl (C=O) groups is 4. The fourth-order valence-electron chi connectivity index (χ4n) is 7.06. The minimum Gasteiger partial charge on any atom is -0.463 e. The fraction of sp³-hybridized carbons (Fsp3) is 0.429. The second-order valence-electron chi connectivity index (χ2n) is 11.9. The molecule has 3 amide bonds. The van der Waals surface area contributed by atoms with Crippen molar-refractivity contribution in [2.75, 3.05) is 26.3 Å². The molecular formula is C35H40BrN3O7. The Labute approximate surface area is 277 Å². The number of aliphatic hydroxyl groups excluding tert-OH is 1.